The second kappa shape index (κ2) is 4.94. The van der Waals surface area contributed by atoms with Gasteiger partial charge in [-0.25, -0.2) is 4.98 Å². The molecule has 0 saturated carbocycles. The zero-order chi connectivity index (χ0) is 12.1. The largest absolute Gasteiger partial charge is 0.367 e. The number of hydrogen-bond acceptors (Lipinski definition) is 3. The van der Waals surface area contributed by atoms with Crippen molar-refractivity contribution < 1.29 is 4.79 Å². The molecule has 0 saturated heterocycles. The molecule has 0 spiro atoms. The van der Waals surface area contributed by atoms with Crippen molar-refractivity contribution in [2.24, 2.45) is 0 Å². The highest BCUT2D eigenvalue weighted by molar-refractivity contribution is 5.94. The van der Waals surface area contributed by atoms with Crippen molar-refractivity contribution in [3.05, 3.63) is 53.6 Å². The Balaban J connectivity index is 2.02. The summed E-state index contributed by atoms with van der Waals surface area (Å²) in [5.74, 6) is -0.217. The van der Waals surface area contributed by atoms with Gasteiger partial charge in [-0.15, -0.1) is 0 Å². The Morgan fingerprint density at radius 1 is 1.53 bits per heavy atom. The molecule has 17 heavy (non-hydrogen) atoms. The van der Waals surface area contributed by atoms with E-state index in [9.17, 15) is 4.79 Å². The number of pyridine rings is 1. The van der Waals surface area contributed by atoms with E-state index in [0.717, 1.165) is 5.56 Å². The van der Waals surface area contributed by atoms with Crippen molar-refractivity contribution in [2.75, 3.05) is 0 Å². The number of aromatic amines is 1. The fourth-order valence-electron chi connectivity index (χ4n) is 1.39. The van der Waals surface area contributed by atoms with Gasteiger partial charge in [-0.2, -0.15) is 5.26 Å². The molecule has 0 radical (unpaired) electrons. The highest BCUT2D eigenvalue weighted by Crippen LogP contribution is 2.02. The average molecular weight is 226 g/mol. The fraction of sp³-hybridized carbons (Fsp3) is 0.0833. The first kappa shape index (κ1) is 10.9. The second-order valence-electron chi connectivity index (χ2n) is 3.44. The summed E-state index contributed by atoms with van der Waals surface area (Å²) in [5.41, 5.74) is 1.67. The van der Waals surface area contributed by atoms with Crippen LogP contribution in [0.4, 0.5) is 0 Å². The van der Waals surface area contributed by atoms with Crippen LogP contribution in [0, 0.1) is 11.3 Å². The van der Waals surface area contributed by atoms with E-state index in [0.29, 0.717) is 12.1 Å². The Hall–Kier alpha value is -2.61. The Morgan fingerprint density at radius 3 is 3.12 bits per heavy atom. The Morgan fingerprint density at radius 2 is 2.41 bits per heavy atom. The van der Waals surface area contributed by atoms with Gasteiger partial charge in [0.25, 0.3) is 5.91 Å². The predicted octanol–water partition coefficient (Wildman–Crippen LogP) is 1.21. The Labute approximate surface area is 98.1 Å². The van der Waals surface area contributed by atoms with Gasteiger partial charge >= 0.3 is 0 Å². The van der Waals surface area contributed by atoms with Gasteiger partial charge in [0.2, 0.25) is 0 Å². The van der Waals surface area contributed by atoms with Crippen LogP contribution in [-0.2, 0) is 6.54 Å². The lowest BCUT2D eigenvalue weighted by Gasteiger charge is -2.03. The first-order valence-corrected chi connectivity index (χ1v) is 5.05. The molecular weight excluding hydrogens is 216 g/mol. The van der Waals surface area contributed by atoms with E-state index in [4.69, 9.17) is 5.26 Å². The number of carbonyl (C=O) groups is 1. The molecule has 2 N–H and O–H groups in total. The highest BCUT2D eigenvalue weighted by Gasteiger charge is 2.06. The molecule has 2 rings (SSSR count). The number of nitriles is 1. The van der Waals surface area contributed by atoms with Crippen LogP contribution in [0.1, 0.15) is 21.6 Å². The van der Waals surface area contributed by atoms with Gasteiger partial charge in [0.15, 0.2) is 0 Å². The highest BCUT2D eigenvalue weighted by atomic mass is 16.1. The van der Waals surface area contributed by atoms with Gasteiger partial charge in [0.05, 0.1) is 0 Å². The lowest BCUT2D eigenvalue weighted by molar-refractivity contribution is 0.0951. The van der Waals surface area contributed by atoms with E-state index in [1.165, 1.54) is 12.3 Å². The average Bonchev–Trinajstić information content (AvgIpc) is 2.89. The Bertz CT molecular complexity index is 554. The summed E-state index contributed by atoms with van der Waals surface area (Å²) in [6.45, 7) is 0.451. The molecular formula is C12H10N4O. The number of rotatable bonds is 3. The molecule has 1 amide bonds. The molecule has 0 unspecified atom stereocenters. The minimum absolute atomic E-state index is 0.217. The number of aromatic nitrogens is 2. The molecule has 0 aromatic carbocycles. The summed E-state index contributed by atoms with van der Waals surface area (Å²) in [6, 6.07) is 6.82. The van der Waals surface area contributed by atoms with Crippen LogP contribution in [-0.4, -0.2) is 15.9 Å². The molecule has 5 nitrogen and oxygen atoms in total. The molecule has 0 aliphatic carbocycles. The third-order valence-electron chi connectivity index (χ3n) is 2.25. The van der Waals surface area contributed by atoms with Crippen LogP contribution in [0.2, 0.25) is 0 Å². The van der Waals surface area contributed by atoms with E-state index in [2.05, 4.69) is 15.3 Å². The number of carbonyl (C=O) groups excluding carboxylic acids is 1. The minimum Gasteiger partial charge on any atom is -0.367 e. The molecule has 0 atom stereocenters. The lowest BCUT2D eigenvalue weighted by Crippen LogP contribution is -2.22. The number of H-pyrrole nitrogens is 1. The maximum atomic E-state index is 11.7. The summed E-state index contributed by atoms with van der Waals surface area (Å²) in [5, 5.41) is 11.4. The van der Waals surface area contributed by atoms with Crippen LogP contribution in [0.15, 0.2) is 36.8 Å². The van der Waals surface area contributed by atoms with Gasteiger partial charge in [0, 0.05) is 30.7 Å². The Kier molecular flexibility index (Phi) is 3.17. The van der Waals surface area contributed by atoms with Crippen LogP contribution in [0.5, 0.6) is 0 Å². The lowest BCUT2D eigenvalue weighted by atomic mass is 10.2. The van der Waals surface area contributed by atoms with E-state index in [1.807, 2.05) is 18.3 Å². The summed E-state index contributed by atoms with van der Waals surface area (Å²) in [6.07, 6.45) is 5.05. The third-order valence-corrected chi connectivity index (χ3v) is 2.25. The van der Waals surface area contributed by atoms with Gasteiger partial charge < -0.3 is 10.3 Å². The molecule has 84 valence electrons. The maximum Gasteiger partial charge on any atom is 0.251 e. The van der Waals surface area contributed by atoms with Crippen LogP contribution < -0.4 is 5.32 Å². The number of hydrogen-bond donors (Lipinski definition) is 2. The maximum absolute atomic E-state index is 11.7. The van der Waals surface area contributed by atoms with Gasteiger partial charge in [-0.3, -0.25) is 4.79 Å². The first-order valence-electron chi connectivity index (χ1n) is 5.05. The normalized spacial score (nSPS) is 9.59. The van der Waals surface area contributed by atoms with Crippen LogP contribution >= 0.6 is 0 Å². The molecule has 0 aliphatic heterocycles. The topological polar surface area (TPSA) is 81.6 Å². The SMILES string of the molecule is N#Cc1cc(C(=O)NCc2cc[nH]c2)ccn1. The van der Waals surface area contributed by atoms with Gasteiger partial charge in [-0.05, 0) is 23.8 Å². The molecule has 2 heterocycles. The fourth-order valence-corrected chi connectivity index (χ4v) is 1.39. The van der Waals surface area contributed by atoms with E-state index in [-0.39, 0.29) is 11.6 Å². The smallest absolute Gasteiger partial charge is 0.251 e. The molecule has 0 bridgehead atoms. The zero-order valence-electron chi connectivity index (χ0n) is 8.97. The van der Waals surface area contributed by atoms with Crippen molar-refractivity contribution in [1.29, 1.82) is 5.26 Å². The van der Waals surface area contributed by atoms with E-state index >= 15 is 0 Å². The van der Waals surface area contributed by atoms with Crippen molar-refractivity contribution in [3.63, 3.8) is 0 Å². The number of nitrogens with one attached hydrogen (secondary N) is 2. The minimum atomic E-state index is -0.217. The molecule has 2 aromatic heterocycles. The number of nitrogens with zero attached hydrogens (tertiary/aromatic N) is 2. The summed E-state index contributed by atoms with van der Waals surface area (Å²) >= 11 is 0. The molecule has 0 fully saturated rings. The van der Waals surface area contributed by atoms with Crippen LogP contribution in [0.25, 0.3) is 0 Å². The predicted molar refractivity (Wildman–Crippen MR) is 60.9 cm³/mol. The van der Waals surface area contributed by atoms with Gasteiger partial charge in [0.1, 0.15) is 11.8 Å². The van der Waals surface area contributed by atoms with Gasteiger partial charge in [-0.1, -0.05) is 0 Å². The summed E-state index contributed by atoms with van der Waals surface area (Å²) < 4.78 is 0. The second-order valence-corrected chi connectivity index (χ2v) is 3.44. The van der Waals surface area contributed by atoms with E-state index < -0.39 is 0 Å². The quantitative estimate of drug-likeness (QED) is 0.825. The first-order chi connectivity index (χ1) is 8.29. The van der Waals surface area contributed by atoms with Crippen LogP contribution in [0.3, 0.4) is 0 Å². The monoisotopic (exact) mass is 226 g/mol. The number of amides is 1. The zero-order valence-corrected chi connectivity index (χ0v) is 8.97. The van der Waals surface area contributed by atoms with Crippen molar-refractivity contribution in [2.45, 2.75) is 6.54 Å². The van der Waals surface area contributed by atoms with E-state index in [1.54, 1.807) is 12.3 Å². The van der Waals surface area contributed by atoms with Crippen molar-refractivity contribution in [1.82, 2.24) is 15.3 Å². The van der Waals surface area contributed by atoms with Crippen molar-refractivity contribution in [3.8, 4) is 6.07 Å². The molecule has 2 aromatic rings. The summed E-state index contributed by atoms with van der Waals surface area (Å²) in [7, 11) is 0. The molecule has 0 aliphatic rings. The standard InChI is InChI=1S/C12H10N4O/c13-6-11-5-10(2-4-15-11)12(17)16-8-9-1-3-14-7-9/h1-5,7,14H,8H2,(H,16,17). The van der Waals surface area contributed by atoms with Crippen molar-refractivity contribution >= 4 is 5.91 Å². The third kappa shape index (κ3) is 2.69. The summed E-state index contributed by atoms with van der Waals surface area (Å²) in [4.78, 5) is 18.5. The molecule has 5 heteroatoms.